The monoisotopic (exact) mass is 266 g/mol. The number of nitrogens with one attached hydrogen (secondary N) is 1. The Morgan fingerprint density at radius 2 is 2.39 bits per heavy atom. The van der Waals surface area contributed by atoms with Crippen molar-refractivity contribution in [3.8, 4) is 0 Å². The Morgan fingerprint density at radius 3 is 3.06 bits per heavy atom. The molecule has 0 fully saturated rings. The zero-order valence-electron chi connectivity index (χ0n) is 10.1. The number of nitrogens with two attached hydrogens (primary N) is 1. The maximum atomic E-state index is 11.4. The third-order valence-corrected chi connectivity index (χ3v) is 2.95. The molecular formula is C10H14N6OS. The third kappa shape index (κ3) is 2.33. The first kappa shape index (κ1) is 12.5. The molecule has 0 aromatic carbocycles. The molecular weight excluding hydrogens is 252 g/mol. The lowest BCUT2D eigenvalue weighted by atomic mass is 10.2. The average molecular weight is 266 g/mol. The van der Waals surface area contributed by atoms with E-state index in [1.807, 2.05) is 18.9 Å². The fourth-order valence-corrected chi connectivity index (χ4v) is 1.88. The average Bonchev–Trinajstić information content (AvgIpc) is 2.69. The van der Waals surface area contributed by atoms with Crippen molar-refractivity contribution in [3.05, 3.63) is 22.6 Å². The standard InChI is InChI=1S/C10H14N6OS/c1-6(5-7(11)18)15(2)9-4-3-8-12-13-10(17)16(8)14-9/h3-4,6H,5H2,1-2H3,(H2,11,18)(H,13,17). The second-order valence-corrected chi connectivity index (χ2v) is 4.65. The van der Waals surface area contributed by atoms with Gasteiger partial charge in [0.15, 0.2) is 5.65 Å². The van der Waals surface area contributed by atoms with Crippen LogP contribution >= 0.6 is 12.2 Å². The first-order valence-electron chi connectivity index (χ1n) is 5.44. The number of hydrogen-bond donors (Lipinski definition) is 2. The van der Waals surface area contributed by atoms with Gasteiger partial charge in [0.25, 0.3) is 0 Å². The molecule has 7 nitrogen and oxygen atoms in total. The summed E-state index contributed by atoms with van der Waals surface area (Å²) in [6, 6.07) is 3.63. The Balaban J connectivity index is 2.32. The van der Waals surface area contributed by atoms with Crippen LogP contribution in [0.1, 0.15) is 13.3 Å². The molecule has 2 rings (SSSR count). The molecule has 1 atom stereocenters. The Bertz CT molecular complexity index is 633. The summed E-state index contributed by atoms with van der Waals surface area (Å²) in [7, 11) is 1.88. The van der Waals surface area contributed by atoms with Gasteiger partial charge >= 0.3 is 5.69 Å². The van der Waals surface area contributed by atoms with Crippen LogP contribution in [0.15, 0.2) is 16.9 Å². The third-order valence-electron chi connectivity index (χ3n) is 2.78. The van der Waals surface area contributed by atoms with E-state index in [-0.39, 0.29) is 11.7 Å². The molecule has 0 aliphatic heterocycles. The maximum Gasteiger partial charge on any atom is 0.364 e. The van der Waals surface area contributed by atoms with Crippen molar-refractivity contribution in [1.29, 1.82) is 0 Å². The van der Waals surface area contributed by atoms with Gasteiger partial charge < -0.3 is 10.6 Å². The number of thiocarbonyl (C=S) groups is 1. The van der Waals surface area contributed by atoms with Gasteiger partial charge in [-0.05, 0) is 19.1 Å². The number of rotatable bonds is 4. The SMILES string of the molecule is CC(CC(N)=S)N(C)c1ccc2n[nH]c(=O)n2n1. The summed E-state index contributed by atoms with van der Waals surface area (Å²) in [5.74, 6) is 0.662. The van der Waals surface area contributed by atoms with Crippen LogP contribution in [0.2, 0.25) is 0 Å². The zero-order valence-corrected chi connectivity index (χ0v) is 10.9. The number of hydrogen-bond acceptors (Lipinski definition) is 5. The van der Waals surface area contributed by atoms with Gasteiger partial charge in [0, 0.05) is 19.5 Å². The maximum absolute atomic E-state index is 11.4. The van der Waals surface area contributed by atoms with E-state index in [1.165, 1.54) is 4.52 Å². The van der Waals surface area contributed by atoms with E-state index in [4.69, 9.17) is 18.0 Å². The molecule has 3 N–H and O–H groups in total. The van der Waals surface area contributed by atoms with Crippen LogP contribution in [0, 0.1) is 0 Å². The molecule has 8 heteroatoms. The van der Waals surface area contributed by atoms with E-state index in [1.54, 1.807) is 12.1 Å². The zero-order chi connectivity index (χ0) is 13.3. The molecule has 0 saturated carbocycles. The number of aromatic amines is 1. The van der Waals surface area contributed by atoms with Crippen molar-refractivity contribution < 1.29 is 0 Å². The number of fused-ring (bicyclic) bond motifs is 1. The summed E-state index contributed by atoms with van der Waals surface area (Å²) in [5.41, 5.74) is 5.65. The summed E-state index contributed by atoms with van der Waals surface area (Å²) in [5, 5.41) is 10.4. The van der Waals surface area contributed by atoms with Crippen LogP contribution in [0.3, 0.4) is 0 Å². The minimum absolute atomic E-state index is 0.107. The van der Waals surface area contributed by atoms with Gasteiger partial charge in [0.2, 0.25) is 0 Å². The molecule has 0 saturated heterocycles. The van der Waals surface area contributed by atoms with Crippen molar-refractivity contribution in [1.82, 2.24) is 19.8 Å². The lowest BCUT2D eigenvalue weighted by Crippen LogP contribution is -2.33. The van der Waals surface area contributed by atoms with Gasteiger partial charge in [0.05, 0.1) is 4.99 Å². The Labute approximate surface area is 109 Å². The van der Waals surface area contributed by atoms with E-state index < -0.39 is 0 Å². The fraction of sp³-hybridized carbons (Fsp3) is 0.400. The minimum Gasteiger partial charge on any atom is -0.393 e. The molecule has 2 aromatic heterocycles. The highest BCUT2D eigenvalue weighted by Gasteiger charge is 2.13. The van der Waals surface area contributed by atoms with Crippen molar-refractivity contribution in [3.63, 3.8) is 0 Å². The molecule has 0 radical (unpaired) electrons. The predicted molar refractivity (Wildman–Crippen MR) is 72.9 cm³/mol. The second kappa shape index (κ2) is 4.73. The molecule has 18 heavy (non-hydrogen) atoms. The van der Waals surface area contributed by atoms with Gasteiger partial charge in [-0.3, -0.25) is 0 Å². The van der Waals surface area contributed by atoms with Crippen LogP contribution < -0.4 is 16.3 Å². The fourth-order valence-electron chi connectivity index (χ4n) is 1.64. The van der Waals surface area contributed by atoms with E-state index in [0.29, 0.717) is 22.9 Å². The lowest BCUT2D eigenvalue weighted by molar-refractivity contribution is 0.692. The van der Waals surface area contributed by atoms with Crippen molar-refractivity contribution in [2.75, 3.05) is 11.9 Å². The number of aromatic nitrogens is 4. The number of H-pyrrole nitrogens is 1. The summed E-state index contributed by atoms with van der Waals surface area (Å²) in [4.78, 5) is 13.8. The van der Waals surface area contributed by atoms with Crippen LogP contribution in [-0.2, 0) is 0 Å². The van der Waals surface area contributed by atoms with E-state index >= 15 is 0 Å². The van der Waals surface area contributed by atoms with Gasteiger partial charge in [-0.1, -0.05) is 12.2 Å². The number of anilines is 1. The van der Waals surface area contributed by atoms with Gasteiger partial charge in [-0.25, -0.2) is 9.89 Å². The summed E-state index contributed by atoms with van der Waals surface area (Å²) in [6.07, 6.45) is 0.589. The van der Waals surface area contributed by atoms with Gasteiger partial charge in [-0.2, -0.15) is 9.61 Å². The molecule has 2 heterocycles. The van der Waals surface area contributed by atoms with Crippen molar-refractivity contribution in [2.24, 2.45) is 5.73 Å². The van der Waals surface area contributed by atoms with Crippen LogP contribution in [0.25, 0.3) is 5.65 Å². The first-order valence-corrected chi connectivity index (χ1v) is 5.85. The van der Waals surface area contributed by atoms with Crippen LogP contribution in [-0.4, -0.2) is 37.9 Å². The molecule has 0 aliphatic rings. The number of nitrogens with zero attached hydrogens (tertiary/aromatic N) is 4. The highest BCUT2D eigenvalue weighted by Crippen LogP contribution is 2.13. The smallest absolute Gasteiger partial charge is 0.364 e. The normalized spacial score (nSPS) is 12.6. The minimum atomic E-state index is -0.359. The van der Waals surface area contributed by atoms with Crippen LogP contribution in [0.4, 0.5) is 5.82 Å². The Morgan fingerprint density at radius 1 is 1.67 bits per heavy atom. The predicted octanol–water partition coefficient (Wildman–Crippen LogP) is -0.0815. The molecule has 96 valence electrons. The molecule has 1 unspecified atom stereocenters. The topological polar surface area (TPSA) is 92.3 Å². The van der Waals surface area contributed by atoms with Crippen molar-refractivity contribution >= 4 is 28.7 Å². The Kier molecular flexibility index (Phi) is 3.28. The van der Waals surface area contributed by atoms with Crippen LogP contribution in [0.5, 0.6) is 0 Å². The highest BCUT2D eigenvalue weighted by atomic mass is 32.1. The largest absolute Gasteiger partial charge is 0.393 e. The molecule has 0 aliphatic carbocycles. The quantitative estimate of drug-likeness (QED) is 0.752. The highest BCUT2D eigenvalue weighted by molar-refractivity contribution is 7.80. The molecule has 0 spiro atoms. The molecule has 0 amide bonds. The second-order valence-electron chi connectivity index (χ2n) is 4.12. The Hall–Kier alpha value is -1.96. The van der Waals surface area contributed by atoms with E-state index in [2.05, 4.69) is 15.3 Å². The first-order chi connectivity index (χ1) is 8.49. The lowest BCUT2D eigenvalue weighted by Gasteiger charge is -2.25. The molecule has 2 aromatic rings. The van der Waals surface area contributed by atoms with Gasteiger partial charge in [0.1, 0.15) is 5.82 Å². The summed E-state index contributed by atoms with van der Waals surface area (Å²) >= 11 is 4.89. The summed E-state index contributed by atoms with van der Waals surface area (Å²) in [6.45, 7) is 1.99. The van der Waals surface area contributed by atoms with Gasteiger partial charge in [-0.15, -0.1) is 5.10 Å². The molecule has 0 bridgehead atoms. The van der Waals surface area contributed by atoms with E-state index in [9.17, 15) is 4.79 Å². The summed E-state index contributed by atoms with van der Waals surface area (Å²) < 4.78 is 1.22. The van der Waals surface area contributed by atoms with E-state index in [0.717, 1.165) is 0 Å². The van der Waals surface area contributed by atoms with Crippen molar-refractivity contribution in [2.45, 2.75) is 19.4 Å².